The first-order chi connectivity index (χ1) is 8.30. The van der Waals surface area contributed by atoms with E-state index in [-0.39, 0.29) is 5.69 Å². The Balaban J connectivity index is 3.40. The molecule has 0 aliphatic heterocycles. The van der Waals surface area contributed by atoms with E-state index in [1.54, 1.807) is 0 Å². The largest absolute Gasteiger partial charge is 0.573 e. The Morgan fingerprint density at radius 2 is 2.00 bits per heavy atom. The minimum absolute atomic E-state index is 0.384. The lowest BCUT2D eigenvalue weighted by Crippen LogP contribution is -2.20. The van der Waals surface area contributed by atoms with Crippen LogP contribution in [0.15, 0.2) is 6.20 Å². The fourth-order valence-electron chi connectivity index (χ4n) is 1.28. The molecule has 0 atom stereocenters. The molecule has 0 unspecified atom stereocenters. The number of halogens is 5. The van der Waals surface area contributed by atoms with E-state index in [9.17, 15) is 22.0 Å². The number of nitrogens with zero attached hydrogens (tertiary/aromatic N) is 1. The van der Waals surface area contributed by atoms with Crippen LogP contribution in [0.4, 0.5) is 22.0 Å². The molecule has 18 heavy (non-hydrogen) atoms. The Kier molecular flexibility index (Phi) is 4.28. The zero-order valence-electron chi connectivity index (χ0n) is 9.09. The highest BCUT2D eigenvalue weighted by Crippen LogP contribution is 2.41. The van der Waals surface area contributed by atoms with Gasteiger partial charge in [-0.15, -0.1) is 13.2 Å². The summed E-state index contributed by atoms with van der Waals surface area (Å²) in [6.45, 7) is -0.447. The smallest absolute Gasteiger partial charge is 0.491 e. The summed E-state index contributed by atoms with van der Waals surface area (Å²) in [7, 11) is 1.01. The molecule has 1 rings (SSSR count). The van der Waals surface area contributed by atoms with Gasteiger partial charge >= 0.3 is 6.36 Å². The molecule has 0 amide bonds. The highest BCUT2D eigenvalue weighted by molar-refractivity contribution is 5.48. The van der Waals surface area contributed by atoms with Crippen LogP contribution >= 0.6 is 0 Å². The lowest BCUT2D eigenvalue weighted by atomic mass is 10.1. The van der Waals surface area contributed by atoms with Gasteiger partial charge in [-0.2, -0.15) is 0 Å². The lowest BCUT2D eigenvalue weighted by Gasteiger charge is -2.17. The minimum Gasteiger partial charge on any atom is -0.491 e. The second kappa shape index (κ2) is 5.34. The fraction of sp³-hybridized carbons (Fsp3) is 0.444. The number of hydrogen-bond donors (Lipinski definition) is 1. The van der Waals surface area contributed by atoms with Crippen LogP contribution in [0.1, 0.15) is 17.7 Å². The van der Waals surface area contributed by atoms with Gasteiger partial charge in [0.15, 0.2) is 11.5 Å². The van der Waals surface area contributed by atoms with Crippen LogP contribution in [0.25, 0.3) is 0 Å². The molecule has 0 aromatic carbocycles. The molecule has 9 heteroatoms. The van der Waals surface area contributed by atoms with Gasteiger partial charge in [-0.05, 0) is 0 Å². The van der Waals surface area contributed by atoms with Crippen LogP contribution < -0.4 is 15.2 Å². The first-order valence-corrected chi connectivity index (χ1v) is 4.59. The Morgan fingerprint density at radius 3 is 2.39 bits per heavy atom. The molecular weight excluding hydrogens is 263 g/mol. The maximum absolute atomic E-state index is 12.8. The number of nitrogens with two attached hydrogens (primary N) is 1. The van der Waals surface area contributed by atoms with Crippen molar-refractivity contribution in [1.82, 2.24) is 4.98 Å². The summed E-state index contributed by atoms with van der Waals surface area (Å²) in [6, 6.07) is 0. The van der Waals surface area contributed by atoms with Gasteiger partial charge in [0, 0.05) is 6.54 Å². The second-order valence-electron chi connectivity index (χ2n) is 3.07. The van der Waals surface area contributed by atoms with Crippen molar-refractivity contribution in [3.05, 3.63) is 17.5 Å². The predicted molar refractivity (Wildman–Crippen MR) is 50.3 cm³/mol. The van der Waals surface area contributed by atoms with Crippen molar-refractivity contribution in [3.8, 4) is 11.5 Å². The van der Waals surface area contributed by atoms with Crippen molar-refractivity contribution in [3.63, 3.8) is 0 Å². The molecule has 0 spiro atoms. The number of rotatable bonds is 4. The maximum Gasteiger partial charge on any atom is 0.573 e. The number of aromatic nitrogens is 1. The summed E-state index contributed by atoms with van der Waals surface area (Å²) < 4.78 is 70.1. The number of methoxy groups -OCH3 is 1. The third-order valence-electron chi connectivity index (χ3n) is 1.97. The Hall–Kier alpha value is -1.64. The van der Waals surface area contributed by atoms with Gasteiger partial charge in [0.1, 0.15) is 0 Å². The van der Waals surface area contributed by atoms with Gasteiger partial charge in [-0.25, -0.2) is 8.78 Å². The third-order valence-corrected chi connectivity index (χ3v) is 1.97. The number of hydrogen-bond acceptors (Lipinski definition) is 4. The molecular formula is C9H9F5N2O2. The molecule has 2 N–H and O–H groups in total. The summed E-state index contributed by atoms with van der Waals surface area (Å²) in [6.07, 6.45) is -7.50. The maximum atomic E-state index is 12.8. The molecule has 1 heterocycles. The molecule has 0 radical (unpaired) electrons. The Bertz CT molecular complexity index is 422. The van der Waals surface area contributed by atoms with E-state index in [4.69, 9.17) is 5.73 Å². The van der Waals surface area contributed by atoms with Crippen LogP contribution in [0, 0.1) is 0 Å². The summed E-state index contributed by atoms with van der Waals surface area (Å²) >= 11 is 0. The summed E-state index contributed by atoms with van der Waals surface area (Å²) in [5.74, 6) is -1.66. The monoisotopic (exact) mass is 272 g/mol. The van der Waals surface area contributed by atoms with Crippen molar-refractivity contribution in [2.75, 3.05) is 7.11 Å². The van der Waals surface area contributed by atoms with E-state index in [1.165, 1.54) is 0 Å². The van der Waals surface area contributed by atoms with E-state index in [0.717, 1.165) is 13.3 Å². The van der Waals surface area contributed by atoms with Gasteiger partial charge < -0.3 is 15.2 Å². The Labute approximate surface area is 98.5 Å². The van der Waals surface area contributed by atoms with Crippen LogP contribution in [0.3, 0.4) is 0 Å². The molecule has 102 valence electrons. The first-order valence-electron chi connectivity index (χ1n) is 4.59. The summed E-state index contributed by atoms with van der Waals surface area (Å²) in [4.78, 5) is 3.50. The van der Waals surface area contributed by atoms with Gasteiger partial charge in [-0.3, -0.25) is 4.98 Å². The molecule has 4 nitrogen and oxygen atoms in total. The molecule has 0 bridgehead atoms. The number of ether oxygens (including phenoxy) is 2. The van der Waals surface area contributed by atoms with Crippen molar-refractivity contribution < 1.29 is 31.4 Å². The fourth-order valence-corrected chi connectivity index (χ4v) is 1.28. The van der Waals surface area contributed by atoms with Crippen LogP contribution in [0.5, 0.6) is 11.5 Å². The third kappa shape index (κ3) is 3.19. The van der Waals surface area contributed by atoms with Crippen LogP contribution in [-0.4, -0.2) is 18.5 Å². The number of pyridine rings is 1. The van der Waals surface area contributed by atoms with Crippen molar-refractivity contribution in [1.29, 1.82) is 0 Å². The quantitative estimate of drug-likeness (QED) is 0.855. The lowest BCUT2D eigenvalue weighted by molar-refractivity contribution is -0.275. The highest BCUT2D eigenvalue weighted by atomic mass is 19.4. The van der Waals surface area contributed by atoms with Gasteiger partial charge in [0.25, 0.3) is 6.43 Å². The topological polar surface area (TPSA) is 57.4 Å². The van der Waals surface area contributed by atoms with Crippen molar-refractivity contribution in [2.24, 2.45) is 5.73 Å². The van der Waals surface area contributed by atoms with Crippen LogP contribution in [0.2, 0.25) is 0 Å². The average molecular weight is 272 g/mol. The average Bonchev–Trinajstić information content (AvgIpc) is 2.25. The highest BCUT2D eigenvalue weighted by Gasteiger charge is 2.36. The predicted octanol–water partition coefficient (Wildman–Crippen LogP) is 2.39. The first kappa shape index (κ1) is 14.4. The molecule has 1 aromatic heterocycles. The van der Waals surface area contributed by atoms with Crippen molar-refractivity contribution >= 4 is 0 Å². The summed E-state index contributed by atoms with van der Waals surface area (Å²) in [5, 5.41) is 0. The van der Waals surface area contributed by atoms with Gasteiger partial charge in [0.05, 0.1) is 24.6 Å². The molecule has 1 aromatic rings. The molecule has 0 fully saturated rings. The standard InChI is InChI=1S/C9H9F5N2O2/c1-17-5-3-16-4(2-15)6(8(10)11)7(5)18-9(12,13)14/h3,8H,2,15H2,1H3. The molecule has 0 aliphatic rings. The van der Waals surface area contributed by atoms with E-state index >= 15 is 0 Å². The molecule has 0 saturated heterocycles. The van der Waals surface area contributed by atoms with Gasteiger partial charge in [0.2, 0.25) is 0 Å². The zero-order valence-corrected chi connectivity index (χ0v) is 9.09. The second-order valence-corrected chi connectivity index (χ2v) is 3.07. The summed E-state index contributed by atoms with van der Waals surface area (Å²) in [5.41, 5.74) is 3.74. The van der Waals surface area contributed by atoms with E-state index in [1.807, 2.05) is 0 Å². The van der Waals surface area contributed by atoms with Gasteiger partial charge in [-0.1, -0.05) is 0 Å². The SMILES string of the molecule is COc1cnc(CN)c(C(F)F)c1OC(F)(F)F. The molecule has 0 saturated carbocycles. The van der Waals surface area contributed by atoms with Crippen LogP contribution in [-0.2, 0) is 6.54 Å². The zero-order chi connectivity index (χ0) is 13.9. The minimum atomic E-state index is -5.12. The Morgan fingerprint density at radius 1 is 1.39 bits per heavy atom. The number of alkyl halides is 5. The molecule has 0 aliphatic carbocycles. The van der Waals surface area contributed by atoms with Crippen molar-refractivity contribution in [2.45, 2.75) is 19.3 Å². The normalized spacial score (nSPS) is 11.8. The van der Waals surface area contributed by atoms with E-state index in [2.05, 4.69) is 14.5 Å². The van der Waals surface area contributed by atoms with E-state index in [0.29, 0.717) is 0 Å². The van der Waals surface area contributed by atoms with E-state index < -0.39 is 36.4 Å².